The Bertz CT molecular complexity index is 693. The molecule has 0 spiro atoms. The minimum atomic E-state index is -0.552. The molecule has 0 radical (unpaired) electrons. The van der Waals surface area contributed by atoms with Crippen LogP contribution >= 0.6 is 0 Å². The molecule has 4 nitrogen and oxygen atoms in total. The molecule has 2 amide bonds. The van der Waals surface area contributed by atoms with E-state index in [1.165, 1.54) is 18.2 Å². The van der Waals surface area contributed by atoms with Gasteiger partial charge in [0, 0.05) is 6.54 Å². The topological polar surface area (TPSA) is 64.9 Å². The summed E-state index contributed by atoms with van der Waals surface area (Å²) in [7, 11) is 0. The van der Waals surface area contributed by atoms with E-state index in [1.54, 1.807) is 18.2 Å². The molecule has 2 rings (SSSR count). The second kappa shape index (κ2) is 6.48. The highest BCUT2D eigenvalue weighted by molar-refractivity contribution is 5.90. The van der Waals surface area contributed by atoms with Gasteiger partial charge in [-0.15, -0.1) is 0 Å². The standard InChI is InChI=1S/C15H11F2N3O/c16-12-3-1-10(2-4-12)9-19-15(21)20-14-6-5-13(17)7-11(14)8-18/h1-7H,9H2,(H2,19,20,21). The molecular weight excluding hydrogens is 276 g/mol. The van der Waals surface area contributed by atoms with Crippen molar-refractivity contribution in [3.63, 3.8) is 0 Å². The molecule has 21 heavy (non-hydrogen) atoms. The summed E-state index contributed by atoms with van der Waals surface area (Å²) in [4.78, 5) is 11.7. The highest BCUT2D eigenvalue weighted by Crippen LogP contribution is 2.15. The minimum Gasteiger partial charge on any atom is -0.334 e. The molecule has 0 aromatic heterocycles. The van der Waals surface area contributed by atoms with Crippen molar-refractivity contribution in [3.8, 4) is 6.07 Å². The van der Waals surface area contributed by atoms with E-state index in [1.807, 2.05) is 0 Å². The fourth-order valence-corrected chi connectivity index (χ4v) is 1.67. The highest BCUT2D eigenvalue weighted by Gasteiger charge is 2.07. The van der Waals surface area contributed by atoms with Gasteiger partial charge < -0.3 is 10.6 Å². The number of urea groups is 1. The number of hydrogen-bond donors (Lipinski definition) is 2. The first kappa shape index (κ1) is 14.5. The Hall–Kier alpha value is -2.94. The molecule has 0 saturated carbocycles. The highest BCUT2D eigenvalue weighted by atomic mass is 19.1. The van der Waals surface area contributed by atoms with Crippen molar-refractivity contribution in [3.05, 3.63) is 65.2 Å². The van der Waals surface area contributed by atoms with Crippen LogP contribution in [0.15, 0.2) is 42.5 Å². The quantitative estimate of drug-likeness (QED) is 0.910. The SMILES string of the molecule is N#Cc1cc(F)ccc1NC(=O)NCc1ccc(F)cc1. The summed E-state index contributed by atoms with van der Waals surface area (Å²) in [6.07, 6.45) is 0. The van der Waals surface area contributed by atoms with Gasteiger partial charge in [-0.1, -0.05) is 12.1 Å². The number of nitrogens with zero attached hydrogens (tertiary/aromatic N) is 1. The smallest absolute Gasteiger partial charge is 0.319 e. The van der Waals surface area contributed by atoms with Gasteiger partial charge in [-0.3, -0.25) is 0 Å². The van der Waals surface area contributed by atoms with Crippen molar-refractivity contribution in [2.24, 2.45) is 0 Å². The molecular formula is C15H11F2N3O. The minimum absolute atomic E-state index is 0.0342. The summed E-state index contributed by atoms with van der Waals surface area (Å²) < 4.78 is 25.7. The molecule has 0 fully saturated rings. The van der Waals surface area contributed by atoms with E-state index in [0.717, 1.165) is 17.7 Å². The van der Waals surface area contributed by atoms with Gasteiger partial charge in [-0.25, -0.2) is 13.6 Å². The number of nitrogens with one attached hydrogen (secondary N) is 2. The summed E-state index contributed by atoms with van der Waals surface area (Å²) in [6.45, 7) is 0.204. The number of anilines is 1. The second-order valence-corrected chi connectivity index (χ2v) is 4.24. The Morgan fingerprint density at radius 2 is 1.76 bits per heavy atom. The first-order valence-corrected chi connectivity index (χ1v) is 6.07. The van der Waals surface area contributed by atoms with E-state index < -0.39 is 11.8 Å². The molecule has 0 aliphatic heterocycles. The third-order valence-electron chi connectivity index (χ3n) is 2.72. The molecule has 0 bridgehead atoms. The van der Waals surface area contributed by atoms with Gasteiger partial charge in [0.15, 0.2) is 0 Å². The van der Waals surface area contributed by atoms with Crippen molar-refractivity contribution in [1.29, 1.82) is 5.26 Å². The zero-order chi connectivity index (χ0) is 15.2. The van der Waals surface area contributed by atoms with E-state index in [4.69, 9.17) is 5.26 Å². The third-order valence-corrected chi connectivity index (χ3v) is 2.72. The van der Waals surface area contributed by atoms with Crippen LogP contribution in [0.4, 0.5) is 19.3 Å². The van der Waals surface area contributed by atoms with Crippen LogP contribution < -0.4 is 10.6 Å². The number of benzene rings is 2. The summed E-state index contributed by atoms with van der Waals surface area (Å²) >= 11 is 0. The third kappa shape index (κ3) is 4.01. The second-order valence-electron chi connectivity index (χ2n) is 4.24. The first-order chi connectivity index (χ1) is 10.1. The summed E-state index contributed by atoms with van der Waals surface area (Å²) in [5, 5.41) is 13.9. The van der Waals surface area contributed by atoms with Crippen LogP contribution in [0.25, 0.3) is 0 Å². The monoisotopic (exact) mass is 287 g/mol. The van der Waals surface area contributed by atoms with Crippen molar-refractivity contribution in [2.75, 3.05) is 5.32 Å². The van der Waals surface area contributed by atoms with Crippen LogP contribution in [-0.2, 0) is 6.54 Å². The lowest BCUT2D eigenvalue weighted by atomic mass is 10.2. The number of amides is 2. The molecule has 0 aliphatic carbocycles. The number of rotatable bonds is 3. The number of nitriles is 1. The maximum Gasteiger partial charge on any atom is 0.319 e. The molecule has 6 heteroatoms. The van der Waals surface area contributed by atoms with E-state index in [-0.39, 0.29) is 23.6 Å². The molecule has 0 saturated heterocycles. The first-order valence-electron chi connectivity index (χ1n) is 6.07. The van der Waals surface area contributed by atoms with Crippen LogP contribution in [0.1, 0.15) is 11.1 Å². The lowest BCUT2D eigenvalue weighted by Crippen LogP contribution is -2.28. The Kier molecular flexibility index (Phi) is 4.46. The predicted molar refractivity (Wildman–Crippen MR) is 73.4 cm³/mol. The molecule has 0 aliphatic rings. The van der Waals surface area contributed by atoms with Gasteiger partial charge in [0.05, 0.1) is 11.3 Å². The van der Waals surface area contributed by atoms with E-state index in [2.05, 4.69) is 10.6 Å². The number of carbonyl (C=O) groups is 1. The Labute approximate surface area is 120 Å². The molecule has 0 unspecified atom stereocenters. The summed E-state index contributed by atoms with van der Waals surface area (Å²) in [5.41, 5.74) is 0.980. The van der Waals surface area contributed by atoms with E-state index in [0.29, 0.717) is 0 Å². The van der Waals surface area contributed by atoms with Gasteiger partial charge in [0.2, 0.25) is 0 Å². The van der Waals surface area contributed by atoms with Crippen molar-refractivity contribution in [1.82, 2.24) is 5.32 Å². The van der Waals surface area contributed by atoms with E-state index in [9.17, 15) is 13.6 Å². The predicted octanol–water partition coefficient (Wildman–Crippen LogP) is 3.16. The lowest BCUT2D eigenvalue weighted by Gasteiger charge is -2.09. The largest absolute Gasteiger partial charge is 0.334 e. The molecule has 0 atom stereocenters. The van der Waals surface area contributed by atoms with Crippen LogP contribution in [0, 0.1) is 23.0 Å². The molecule has 2 N–H and O–H groups in total. The van der Waals surface area contributed by atoms with E-state index >= 15 is 0 Å². The summed E-state index contributed by atoms with van der Waals surface area (Å²) in [6, 6.07) is 10.4. The number of hydrogen-bond acceptors (Lipinski definition) is 2. The molecule has 2 aromatic carbocycles. The van der Waals surface area contributed by atoms with Gasteiger partial charge in [0.25, 0.3) is 0 Å². The molecule has 0 heterocycles. The van der Waals surface area contributed by atoms with Gasteiger partial charge in [-0.05, 0) is 35.9 Å². The molecule has 106 valence electrons. The summed E-state index contributed by atoms with van der Waals surface area (Å²) in [5.74, 6) is -0.906. The van der Waals surface area contributed by atoms with Gasteiger partial charge >= 0.3 is 6.03 Å². The van der Waals surface area contributed by atoms with Crippen molar-refractivity contribution in [2.45, 2.75) is 6.54 Å². The maximum absolute atomic E-state index is 13.0. The van der Waals surface area contributed by atoms with Crippen LogP contribution in [0.5, 0.6) is 0 Å². The maximum atomic E-state index is 13.0. The fourth-order valence-electron chi connectivity index (χ4n) is 1.67. The number of carbonyl (C=O) groups excluding carboxylic acids is 1. The van der Waals surface area contributed by atoms with Crippen molar-refractivity contribution >= 4 is 11.7 Å². The molecule has 2 aromatic rings. The zero-order valence-electron chi connectivity index (χ0n) is 10.9. The van der Waals surface area contributed by atoms with Crippen molar-refractivity contribution < 1.29 is 13.6 Å². The van der Waals surface area contributed by atoms with Gasteiger partial charge in [0.1, 0.15) is 17.7 Å². The number of halogens is 2. The van der Waals surface area contributed by atoms with Gasteiger partial charge in [-0.2, -0.15) is 5.26 Å². The van der Waals surface area contributed by atoms with Crippen LogP contribution in [0.3, 0.4) is 0 Å². The fraction of sp³-hybridized carbons (Fsp3) is 0.0667. The van der Waals surface area contributed by atoms with Crippen LogP contribution in [0.2, 0.25) is 0 Å². The average Bonchev–Trinajstić information content (AvgIpc) is 2.48. The normalized spacial score (nSPS) is 9.76. The Balaban J connectivity index is 1.96. The zero-order valence-corrected chi connectivity index (χ0v) is 10.9. The van der Waals surface area contributed by atoms with Crippen LogP contribution in [-0.4, -0.2) is 6.03 Å². The Morgan fingerprint density at radius 1 is 1.10 bits per heavy atom. The Morgan fingerprint density at radius 3 is 2.43 bits per heavy atom. The lowest BCUT2D eigenvalue weighted by molar-refractivity contribution is 0.251. The average molecular weight is 287 g/mol.